The van der Waals surface area contributed by atoms with Gasteiger partial charge in [0, 0.05) is 38.0 Å². The first-order chi connectivity index (χ1) is 9.69. The summed E-state index contributed by atoms with van der Waals surface area (Å²) in [5, 5.41) is 2.98. The quantitative estimate of drug-likeness (QED) is 0.756. The van der Waals surface area contributed by atoms with Crippen molar-refractivity contribution in [3.8, 4) is 0 Å². The molecule has 1 aromatic rings. The van der Waals surface area contributed by atoms with Crippen LogP contribution in [0.1, 0.15) is 32.3 Å². The Morgan fingerprint density at radius 2 is 2.10 bits per heavy atom. The van der Waals surface area contributed by atoms with Crippen LogP contribution in [0, 0.1) is 5.82 Å². The summed E-state index contributed by atoms with van der Waals surface area (Å²) in [6, 6.07) is 1.99. The van der Waals surface area contributed by atoms with Gasteiger partial charge in [-0.05, 0) is 26.0 Å². The SMILES string of the molecule is CCC(CC)N(CCOC)c1nccc(CNC)c1F. The first-order valence-electron chi connectivity index (χ1n) is 7.23. The summed E-state index contributed by atoms with van der Waals surface area (Å²) < 4.78 is 19.7. The van der Waals surface area contributed by atoms with Crippen LogP contribution < -0.4 is 10.2 Å². The van der Waals surface area contributed by atoms with Crippen LogP contribution in [0.2, 0.25) is 0 Å². The normalized spacial score (nSPS) is 11.1. The molecule has 1 N–H and O–H groups in total. The number of hydrogen-bond donors (Lipinski definition) is 1. The Kier molecular flexibility index (Phi) is 7.47. The maximum atomic E-state index is 14.6. The average molecular weight is 283 g/mol. The molecule has 0 aromatic carbocycles. The van der Waals surface area contributed by atoms with Gasteiger partial charge in [0.05, 0.1) is 6.61 Å². The second-order valence-electron chi connectivity index (χ2n) is 4.79. The van der Waals surface area contributed by atoms with E-state index in [1.165, 1.54) is 0 Å². The molecule has 0 spiro atoms. The van der Waals surface area contributed by atoms with Crippen molar-refractivity contribution in [2.45, 2.75) is 39.3 Å². The van der Waals surface area contributed by atoms with E-state index in [0.717, 1.165) is 12.8 Å². The number of hydrogen-bond acceptors (Lipinski definition) is 4. The number of ether oxygens (including phenoxy) is 1. The van der Waals surface area contributed by atoms with Crippen LogP contribution >= 0.6 is 0 Å². The Morgan fingerprint density at radius 1 is 1.40 bits per heavy atom. The molecule has 0 bridgehead atoms. The lowest BCUT2D eigenvalue weighted by atomic mass is 10.1. The summed E-state index contributed by atoms with van der Waals surface area (Å²) in [5.41, 5.74) is 0.644. The molecule has 0 unspecified atom stereocenters. The van der Waals surface area contributed by atoms with Gasteiger partial charge < -0.3 is 15.0 Å². The van der Waals surface area contributed by atoms with E-state index in [9.17, 15) is 4.39 Å². The number of nitrogens with zero attached hydrogens (tertiary/aromatic N) is 2. The molecule has 1 heterocycles. The van der Waals surface area contributed by atoms with Crippen LogP contribution in [0.25, 0.3) is 0 Å². The van der Waals surface area contributed by atoms with Gasteiger partial charge in [-0.1, -0.05) is 13.8 Å². The summed E-state index contributed by atoms with van der Waals surface area (Å²) in [5.74, 6) is 0.202. The van der Waals surface area contributed by atoms with Crippen LogP contribution in [0.5, 0.6) is 0 Å². The van der Waals surface area contributed by atoms with Gasteiger partial charge in [0.1, 0.15) is 0 Å². The number of methoxy groups -OCH3 is 1. The fourth-order valence-corrected chi connectivity index (χ4v) is 2.38. The van der Waals surface area contributed by atoms with Gasteiger partial charge in [0.2, 0.25) is 0 Å². The molecule has 114 valence electrons. The molecular formula is C15H26FN3O. The second-order valence-corrected chi connectivity index (χ2v) is 4.79. The van der Waals surface area contributed by atoms with E-state index >= 15 is 0 Å². The first kappa shape index (κ1) is 16.9. The van der Waals surface area contributed by atoms with Crippen LogP contribution in [0.4, 0.5) is 10.2 Å². The van der Waals surface area contributed by atoms with Crippen LogP contribution in [0.15, 0.2) is 12.3 Å². The number of pyridine rings is 1. The van der Waals surface area contributed by atoms with Crippen molar-refractivity contribution >= 4 is 5.82 Å². The molecule has 0 saturated heterocycles. The Balaban J connectivity index is 3.08. The third-order valence-electron chi connectivity index (χ3n) is 3.51. The summed E-state index contributed by atoms with van der Waals surface area (Å²) in [4.78, 5) is 6.28. The fourth-order valence-electron chi connectivity index (χ4n) is 2.38. The van der Waals surface area contributed by atoms with E-state index in [2.05, 4.69) is 24.1 Å². The monoisotopic (exact) mass is 283 g/mol. The predicted molar refractivity (Wildman–Crippen MR) is 80.6 cm³/mol. The Hall–Kier alpha value is -1.20. The average Bonchev–Trinajstić information content (AvgIpc) is 2.46. The zero-order valence-electron chi connectivity index (χ0n) is 12.9. The van der Waals surface area contributed by atoms with E-state index < -0.39 is 0 Å². The molecular weight excluding hydrogens is 257 g/mol. The molecule has 0 atom stereocenters. The van der Waals surface area contributed by atoms with Crippen molar-refractivity contribution in [2.75, 3.05) is 32.2 Å². The van der Waals surface area contributed by atoms with Gasteiger partial charge in [0.25, 0.3) is 0 Å². The molecule has 0 fully saturated rings. The number of rotatable bonds is 9. The van der Waals surface area contributed by atoms with Gasteiger partial charge in [-0.25, -0.2) is 9.37 Å². The second kappa shape index (κ2) is 8.87. The first-order valence-corrected chi connectivity index (χ1v) is 7.23. The molecule has 4 nitrogen and oxygen atoms in total. The maximum absolute atomic E-state index is 14.6. The molecule has 0 aliphatic rings. The van der Waals surface area contributed by atoms with Gasteiger partial charge in [-0.2, -0.15) is 0 Å². The zero-order chi connectivity index (χ0) is 15.0. The molecule has 0 aliphatic carbocycles. The third-order valence-corrected chi connectivity index (χ3v) is 3.51. The lowest BCUT2D eigenvalue weighted by Gasteiger charge is -2.32. The van der Waals surface area contributed by atoms with Gasteiger partial charge >= 0.3 is 0 Å². The third kappa shape index (κ3) is 4.15. The van der Waals surface area contributed by atoms with Crippen molar-refractivity contribution in [2.24, 2.45) is 0 Å². The highest BCUT2D eigenvalue weighted by atomic mass is 19.1. The largest absolute Gasteiger partial charge is 0.383 e. The van der Waals surface area contributed by atoms with Crippen LogP contribution in [0.3, 0.4) is 0 Å². The van der Waals surface area contributed by atoms with Crippen molar-refractivity contribution in [3.63, 3.8) is 0 Å². The summed E-state index contributed by atoms with van der Waals surface area (Å²) in [6.45, 7) is 5.94. The van der Waals surface area contributed by atoms with E-state index in [0.29, 0.717) is 31.1 Å². The minimum absolute atomic E-state index is 0.232. The highest BCUT2D eigenvalue weighted by molar-refractivity contribution is 5.44. The molecule has 20 heavy (non-hydrogen) atoms. The Bertz CT molecular complexity index is 397. The number of aromatic nitrogens is 1. The van der Waals surface area contributed by atoms with E-state index in [1.54, 1.807) is 19.4 Å². The standard InChI is InChI=1S/C15H26FN3O/c1-5-13(6-2)19(9-10-20-4)15-14(16)12(11-17-3)7-8-18-15/h7-8,13,17H,5-6,9-11H2,1-4H3. The highest BCUT2D eigenvalue weighted by Crippen LogP contribution is 2.23. The minimum atomic E-state index is -0.232. The minimum Gasteiger partial charge on any atom is -0.383 e. The lowest BCUT2D eigenvalue weighted by molar-refractivity contribution is 0.202. The number of anilines is 1. The highest BCUT2D eigenvalue weighted by Gasteiger charge is 2.21. The predicted octanol–water partition coefficient (Wildman–Crippen LogP) is 2.58. The summed E-state index contributed by atoms with van der Waals surface area (Å²) in [7, 11) is 3.47. The molecule has 0 amide bonds. The van der Waals surface area contributed by atoms with E-state index in [1.807, 2.05) is 11.9 Å². The molecule has 1 aromatic heterocycles. The molecule has 0 radical (unpaired) electrons. The Morgan fingerprint density at radius 3 is 2.65 bits per heavy atom. The molecule has 0 saturated carbocycles. The zero-order valence-corrected chi connectivity index (χ0v) is 12.9. The van der Waals surface area contributed by atoms with Gasteiger partial charge in [-0.3, -0.25) is 0 Å². The van der Waals surface area contributed by atoms with Crippen molar-refractivity contribution < 1.29 is 9.13 Å². The topological polar surface area (TPSA) is 37.4 Å². The fraction of sp³-hybridized carbons (Fsp3) is 0.667. The Labute approximate surface area is 121 Å². The number of nitrogens with one attached hydrogen (secondary N) is 1. The molecule has 5 heteroatoms. The van der Waals surface area contributed by atoms with Crippen LogP contribution in [-0.2, 0) is 11.3 Å². The van der Waals surface area contributed by atoms with Crippen molar-refractivity contribution in [1.82, 2.24) is 10.3 Å². The maximum Gasteiger partial charge on any atom is 0.170 e. The van der Waals surface area contributed by atoms with Crippen molar-refractivity contribution in [3.05, 3.63) is 23.6 Å². The smallest absolute Gasteiger partial charge is 0.170 e. The number of halogens is 1. The molecule has 1 rings (SSSR count). The van der Waals surface area contributed by atoms with E-state index in [-0.39, 0.29) is 11.9 Å². The molecule has 0 aliphatic heterocycles. The van der Waals surface area contributed by atoms with Gasteiger partial charge in [0.15, 0.2) is 11.6 Å². The summed E-state index contributed by atoms with van der Waals surface area (Å²) >= 11 is 0. The van der Waals surface area contributed by atoms with Crippen molar-refractivity contribution in [1.29, 1.82) is 0 Å². The van der Waals surface area contributed by atoms with E-state index in [4.69, 9.17) is 4.74 Å². The lowest BCUT2D eigenvalue weighted by Crippen LogP contribution is -2.38. The van der Waals surface area contributed by atoms with Gasteiger partial charge in [-0.15, -0.1) is 0 Å². The van der Waals surface area contributed by atoms with Crippen LogP contribution in [-0.4, -0.2) is 38.3 Å². The summed E-state index contributed by atoms with van der Waals surface area (Å²) in [6.07, 6.45) is 3.59.